The Hall–Kier alpha value is -1.30. The van der Waals surface area contributed by atoms with Crippen molar-refractivity contribution in [2.75, 3.05) is 0 Å². The molecule has 0 fully saturated rings. The number of carboxylic acids is 1. The minimum Gasteiger partial charge on any atom is -0.481 e. The first kappa shape index (κ1) is 14.8. The van der Waals surface area contributed by atoms with Gasteiger partial charge >= 0.3 is 12.6 Å². The van der Waals surface area contributed by atoms with Gasteiger partial charge in [-0.1, -0.05) is 25.1 Å². The van der Waals surface area contributed by atoms with Crippen LogP contribution in [0.2, 0.25) is 0 Å². The summed E-state index contributed by atoms with van der Waals surface area (Å²) in [5.41, 5.74) is 0.639. The number of para-hydroxylation sites is 1. The summed E-state index contributed by atoms with van der Waals surface area (Å²) < 4.78 is 28.7. The second kappa shape index (κ2) is 7.20. The van der Waals surface area contributed by atoms with E-state index in [-0.39, 0.29) is 17.4 Å². The molecule has 0 saturated carbocycles. The number of carbonyl (C=O) groups is 1. The predicted molar refractivity (Wildman–Crippen MR) is 66.1 cm³/mol. The van der Waals surface area contributed by atoms with E-state index in [1.165, 1.54) is 17.8 Å². The SMILES string of the molecule is CC(CC(=O)O)SCc1ccccc1OC(F)F. The molecule has 1 N–H and O–H groups in total. The summed E-state index contributed by atoms with van der Waals surface area (Å²) in [5, 5.41) is 8.54. The lowest BCUT2D eigenvalue weighted by Gasteiger charge is -2.12. The first-order chi connectivity index (χ1) is 8.49. The second-order valence-corrected chi connectivity index (χ2v) is 5.13. The number of carboxylic acid groups (broad SMARTS) is 1. The molecule has 0 aliphatic carbocycles. The molecule has 1 rings (SSSR count). The summed E-state index contributed by atoms with van der Waals surface area (Å²) in [4.78, 5) is 10.5. The standard InChI is InChI=1S/C12H14F2O3S/c1-8(6-11(15)16)18-7-9-4-2-3-5-10(9)17-12(13)14/h2-5,8,12H,6-7H2,1H3,(H,15,16). The van der Waals surface area contributed by atoms with Gasteiger partial charge in [-0.2, -0.15) is 20.5 Å². The van der Waals surface area contributed by atoms with Crippen molar-refractivity contribution >= 4 is 17.7 Å². The normalized spacial score (nSPS) is 12.4. The zero-order valence-corrected chi connectivity index (χ0v) is 10.6. The fraction of sp³-hybridized carbons (Fsp3) is 0.417. The number of benzene rings is 1. The molecule has 0 spiro atoms. The molecule has 0 bridgehead atoms. The maximum absolute atomic E-state index is 12.2. The third kappa shape index (κ3) is 5.35. The van der Waals surface area contributed by atoms with E-state index in [1.807, 2.05) is 0 Å². The zero-order valence-electron chi connectivity index (χ0n) is 9.81. The molecule has 0 radical (unpaired) electrons. The van der Waals surface area contributed by atoms with Crippen LogP contribution in [0, 0.1) is 0 Å². The molecule has 0 aromatic heterocycles. The van der Waals surface area contributed by atoms with Crippen molar-refractivity contribution in [3.8, 4) is 5.75 Å². The van der Waals surface area contributed by atoms with Crippen molar-refractivity contribution in [1.29, 1.82) is 0 Å². The van der Waals surface area contributed by atoms with E-state index >= 15 is 0 Å². The van der Waals surface area contributed by atoms with Crippen molar-refractivity contribution in [3.05, 3.63) is 29.8 Å². The fourth-order valence-corrected chi connectivity index (χ4v) is 2.33. The third-order valence-corrected chi connectivity index (χ3v) is 3.39. The molecule has 1 atom stereocenters. The van der Waals surface area contributed by atoms with Crippen molar-refractivity contribution < 1.29 is 23.4 Å². The van der Waals surface area contributed by atoms with Crippen molar-refractivity contribution in [2.45, 2.75) is 31.0 Å². The van der Waals surface area contributed by atoms with Crippen LogP contribution in [0.1, 0.15) is 18.9 Å². The Morgan fingerprint density at radius 2 is 2.11 bits per heavy atom. The van der Waals surface area contributed by atoms with Gasteiger partial charge < -0.3 is 9.84 Å². The average Bonchev–Trinajstić information content (AvgIpc) is 2.26. The van der Waals surface area contributed by atoms with Gasteiger partial charge in [0.1, 0.15) is 5.75 Å². The molecule has 0 heterocycles. The highest BCUT2D eigenvalue weighted by molar-refractivity contribution is 7.99. The van der Waals surface area contributed by atoms with Crippen LogP contribution >= 0.6 is 11.8 Å². The number of thioether (sulfide) groups is 1. The highest BCUT2D eigenvalue weighted by Crippen LogP contribution is 2.27. The molecule has 6 heteroatoms. The Bertz CT molecular complexity index is 399. The van der Waals surface area contributed by atoms with E-state index in [2.05, 4.69) is 4.74 Å². The van der Waals surface area contributed by atoms with Gasteiger partial charge in [-0.05, 0) is 6.07 Å². The number of rotatable bonds is 7. The minimum atomic E-state index is -2.85. The number of hydrogen-bond donors (Lipinski definition) is 1. The Morgan fingerprint density at radius 1 is 1.44 bits per heavy atom. The smallest absolute Gasteiger partial charge is 0.387 e. The van der Waals surface area contributed by atoms with Gasteiger partial charge in [-0.15, -0.1) is 0 Å². The van der Waals surface area contributed by atoms with Gasteiger partial charge in [0.2, 0.25) is 0 Å². The molecular formula is C12H14F2O3S. The summed E-state index contributed by atoms with van der Waals surface area (Å²) in [6.07, 6.45) is 0.0442. The maximum atomic E-state index is 12.2. The Kier molecular flexibility index (Phi) is 5.91. The summed E-state index contributed by atoms with van der Waals surface area (Å²) in [5.74, 6) is -0.285. The van der Waals surface area contributed by atoms with Crippen molar-refractivity contribution in [2.24, 2.45) is 0 Å². The van der Waals surface area contributed by atoms with E-state index in [1.54, 1.807) is 25.1 Å². The molecule has 0 aliphatic heterocycles. The van der Waals surface area contributed by atoms with Crippen LogP contribution in [0.15, 0.2) is 24.3 Å². The van der Waals surface area contributed by atoms with E-state index in [4.69, 9.17) is 5.11 Å². The summed E-state index contributed by atoms with van der Waals surface area (Å²) in [7, 11) is 0. The number of halogens is 2. The molecule has 1 aromatic rings. The fourth-order valence-electron chi connectivity index (χ4n) is 1.37. The van der Waals surface area contributed by atoms with Crippen molar-refractivity contribution in [3.63, 3.8) is 0 Å². The second-order valence-electron chi connectivity index (χ2n) is 3.71. The van der Waals surface area contributed by atoms with E-state index in [0.29, 0.717) is 11.3 Å². The van der Waals surface area contributed by atoms with Gasteiger partial charge in [0.05, 0.1) is 6.42 Å². The number of aliphatic carboxylic acids is 1. The Labute approximate surface area is 108 Å². The molecule has 1 unspecified atom stereocenters. The molecule has 0 aliphatic rings. The molecule has 100 valence electrons. The summed E-state index contributed by atoms with van der Waals surface area (Å²) in [6.45, 7) is -1.07. The van der Waals surface area contributed by atoms with E-state index in [0.717, 1.165) is 0 Å². The van der Waals surface area contributed by atoms with Crippen LogP contribution in [0.4, 0.5) is 8.78 Å². The Morgan fingerprint density at radius 3 is 2.72 bits per heavy atom. The first-order valence-electron chi connectivity index (χ1n) is 5.35. The number of hydrogen-bond acceptors (Lipinski definition) is 3. The van der Waals surface area contributed by atoms with E-state index < -0.39 is 12.6 Å². The van der Waals surface area contributed by atoms with E-state index in [9.17, 15) is 13.6 Å². The van der Waals surface area contributed by atoms with Gasteiger partial charge in [0, 0.05) is 16.6 Å². The lowest BCUT2D eigenvalue weighted by atomic mass is 10.2. The largest absolute Gasteiger partial charge is 0.481 e. The number of ether oxygens (including phenoxy) is 1. The molecule has 0 saturated heterocycles. The van der Waals surface area contributed by atoms with Crippen LogP contribution in [0.25, 0.3) is 0 Å². The van der Waals surface area contributed by atoms with Gasteiger partial charge in [0.25, 0.3) is 0 Å². The van der Waals surface area contributed by atoms with Crippen molar-refractivity contribution in [1.82, 2.24) is 0 Å². The van der Waals surface area contributed by atoms with Gasteiger partial charge in [-0.3, -0.25) is 4.79 Å². The van der Waals surface area contributed by atoms with Crippen LogP contribution in [-0.2, 0) is 10.5 Å². The zero-order chi connectivity index (χ0) is 13.5. The van der Waals surface area contributed by atoms with Gasteiger partial charge in [-0.25, -0.2) is 0 Å². The molecular weight excluding hydrogens is 262 g/mol. The van der Waals surface area contributed by atoms with Crippen LogP contribution < -0.4 is 4.74 Å². The molecule has 3 nitrogen and oxygen atoms in total. The monoisotopic (exact) mass is 276 g/mol. The van der Waals surface area contributed by atoms with Crippen LogP contribution in [0.3, 0.4) is 0 Å². The molecule has 1 aromatic carbocycles. The first-order valence-corrected chi connectivity index (χ1v) is 6.40. The average molecular weight is 276 g/mol. The highest BCUT2D eigenvalue weighted by Gasteiger charge is 2.12. The number of alkyl halides is 2. The lowest BCUT2D eigenvalue weighted by molar-refractivity contribution is -0.136. The lowest BCUT2D eigenvalue weighted by Crippen LogP contribution is -2.07. The van der Waals surface area contributed by atoms with Crippen LogP contribution in [0.5, 0.6) is 5.75 Å². The molecule has 0 amide bonds. The quantitative estimate of drug-likeness (QED) is 0.829. The highest BCUT2D eigenvalue weighted by atomic mass is 32.2. The molecule has 18 heavy (non-hydrogen) atoms. The summed E-state index contributed by atoms with van der Waals surface area (Å²) >= 11 is 1.39. The van der Waals surface area contributed by atoms with Gasteiger partial charge in [0.15, 0.2) is 0 Å². The maximum Gasteiger partial charge on any atom is 0.387 e. The third-order valence-electron chi connectivity index (χ3n) is 2.17. The summed E-state index contributed by atoms with van der Waals surface area (Å²) in [6, 6.07) is 6.52. The topological polar surface area (TPSA) is 46.5 Å². The van der Waals surface area contributed by atoms with Crippen LogP contribution in [-0.4, -0.2) is 22.9 Å². The predicted octanol–water partition coefficient (Wildman–Crippen LogP) is 3.38. The minimum absolute atomic E-state index is 0.0442. The Balaban J connectivity index is 2.58.